The second-order valence-electron chi connectivity index (χ2n) is 8.21. The van der Waals surface area contributed by atoms with Crippen LogP contribution in [-0.2, 0) is 4.79 Å². The summed E-state index contributed by atoms with van der Waals surface area (Å²) in [6.45, 7) is 5.19. The van der Waals surface area contributed by atoms with E-state index in [0.717, 1.165) is 31.6 Å². The highest BCUT2D eigenvalue weighted by Crippen LogP contribution is 2.44. The summed E-state index contributed by atoms with van der Waals surface area (Å²) in [6.07, 6.45) is 2.28. The monoisotopic (exact) mass is 425 g/mol. The van der Waals surface area contributed by atoms with Gasteiger partial charge in [0.05, 0.1) is 5.41 Å². The fourth-order valence-corrected chi connectivity index (χ4v) is 5.22. The zero-order chi connectivity index (χ0) is 21.1. The summed E-state index contributed by atoms with van der Waals surface area (Å²) in [5.41, 5.74) is 0.946. The van der Waals surface area contributed by atoms with Crippen molar-refractivity contribution in [2.24, 2.45) is 5.41 Å². The van der Waals surface area contributed by atoms with Gasteiger partial charge in [0.15, 0.2) is 0 Å². The molecule has 0 spiro atoms. The van der Waals surface area contributed by atoms with Gasteiger partial charge in [-0.05, 0) is 62.7 Å². The molecule has 2 aromatic carbocycles. The van der Waals surface area contributed by atoms with Crippen LogP contribution in [0.5, 0.6) is 0 Å². The summed E-state index contributed by atoms with van der Waals surface area (Å²) in [4.78, 5) is 30.9. The van der Waals surface area contributed by atoms with E-state index in [1.165, 1.54) is 0 Å². The number of benzene rings is 2. The number of anilines is 1. The van der Waals surface area contributed by atoms with E-state index in [1.54, 1.807) is 24.3 Å². The highest BCUT2D eigenvalue weighted by atomic mass is 35.5. The molecule has 1 N–H and O–H groups in total. The zero-order valence-electron chi connectivity index (χ0n) is 17.3. The van der Waals surface area contributed by atoms with Crippen LogP contribution in [0.15, 0.2) is 54.6 Å². The quantitative estimate of drug-likeness (QED) is 0.794. The Balaban J connectivity index is 1.57. The molecule has 2 saturated heterocycles. The van der Waals surface area contributed by atoms with Gasteiger partial charge in [0.25, 0.3) is 5.91 Å². The van der Waals surface area contributed by atoms with Gasteiger partial charge in [0, 0.05) is 35.4 Å². The van der Waals surface area contributed by atoms with E-state index in [2.05, 4.69) is 17.1 Å². The first-order valence-electron chi connectivity index (χ1n) is 10.7. The third kappa shape index (κ3) is 3.96. The second kappa shape index (κ2) is 8.78. The van der Waals surface area contributed by atoms with Gasteiger partial charge in [0.2, 0.25) is 5.91 Å². The minimum atomic E-state index is -0.477. The van der Waals surface area contributed by atoms with E-state index in [9.17, 15) is 9.59 Å². The number of hydrogen-bond donors (Lipinski definition) is 1. The number of carbonyl (C=O) groups is 2. The van der Waals surface area contributed by atoms with Crippen molar-refractivity contribution in [2.75, 3.05) is 31.5 Å². The zero-order valence-corrected chi connectivity index (χ0v) is 18.1. The van der Waals surface area contributed by atoms with Crippen molar-refractivity contribution in [2.45, 2.75) is 32.2 Å². The molecule has 30 heavy (non-hydrogen) atoms. The number of halogens is 1. The minimum Gasteiger partial charge on any atom is -0.339 e. The van der Waals surface area contributed by atoms with Crippen LogP contribution in [0.2, 0.25) is 5.02 Å². The Kier molecular flexibility index (Phi) is 6.11. The van der Waals surface area contributed by atoms with Gasteiger partial charge in [-0.2, -0.15) is 0 Å². The lowest BCUT2D eigenvalue weighted by molar-refractivity contribution is -0.127. The maximum atomic E-state index is 13.5. The molecule has 2 aliphatic rings. The Morgan fingerprint density at radius 2 is 1.83 bits per heavy atom. The number of likely N-dealkylation sites (tertiary alicyclic amines) is 2. The third-order valence-corrected chi connectivity index (χ3v) is 6.91. The smallest absolute Gasteiger partial charge is 0.253 e. The highest BCUT2D eigenvalue weighted by Gasteiger charge is 2.53. The molecule has 0 unspecified atom stereocenters. The van der Waals surface area contributed by atoms with Gasteiger partial charge in [-0.1, -0.05) is 42.8 Å². The van der Waals surface area contributed by atoms with Crippen LogP contribution in [0.4, 0.5) is 5.69 Å². The first-order chi connectivity index (χ1) is 14.5. The molecule has 2 aromatic rings. The van der Waals surface area contributed by atoms with Crippen LogP contribution >= 0.6 is 11.6 Å². The Morgan fingerprint density at radius 1 is 1.07 bits per heavy atom. The van der Waals surface area contributed by atoms with Crippen molar-refractivity contribution in [1.82, 2.24) is 9.80 Å². The van der Waals surface area contributed by atoms with E-state index < -0.39 is 5.41 Å². The Hall–Kier alpha value is -2.37. The molecule has 2 aliphatic heterocycles. The fraction of sp³-hybridized carbons (Fsp3) is 0.417. The van der Waals surface area contributed by atoms with Gasteiger partial charge in [-0.15, -0.1) is 0 Å². The first-order valence-corrected chi connectivity index (χ1v) is 11.1. The van der Waals surface area contributed by atoms with Gasteiger partial charge < -0.3 is 10.2 Å². The first kappa shape index (κ1) is 20.9. The number of rotatable bonds is 4. The Bertz CT molecular complexity index is 920. The molecule has 5 nitrogen and oxygen atoms in total. The van der Waals surface area contributed by atoms with Gasteiger partial charge >= 0.3 is 0 Å². The molecule has 0 saturated carbocycles. The number of amides is 2. The molecule has 0 bridgehead atoms. The van der Waals surface area contributed by atoms with Crippen molar-refractivity contribution in [3.05, 3.63) is 65.2 Å². The molecule has 2 heterocycles. The number of hydrogen-bond acceptors (Lipinski definition) is 3. The van der Waals surface area contributed by atoms with Crippen molar-refractivity contribution >= 4 is 29.1 Å². The van der Waals surface area contributed by atoms with E-state index in [0.29, 0.717) is 30.1 Å². The molecule has 0 aliphatic carbocycles. The molecule has 0 aromatic heterocycles. The Labute approximate surface area is 183 Å². The van der Waals surface area contributed by atoms with Crippen molar-refractivity contribution in [3.8, 4) is 0 Å². The van der Waals surface area contributed by atoms with Gasteiger partial charge in [-0.25, -0.2) is 0 Å². The lowest BCUT2D eigenvalue weighted by Crippen LogP contribution is -2.47. The number of carbonyl (C=O) groups excluding carboxylic acids is 2. The summed E-state index contributed by atoms with van der Waals surface area (Å²) >= 11 is 6.09. The summed E-state index contributed by atoms with van der Waals surface area (Å²) in [5, 5.41) is 3.70. The molecule has 0 radical (unpaired) electrons. The van der Waals surface area contributed by atoms with E-state index in [-0.39, 0.29) is 17.9 Å². The van der Waals surface area contributed by atoms with Crippen LogP contribution in [-0.4, -0.2) is 53.8 Å². The maximum absolute atomic E-state index is 13.5. The topological polar surface area (TPSA) is 52.7 Å². The van der Waals surface area contributed by atoms with Crippen LogP contribution in [0.25, 0.3) is 0 Å². The van der Waals surface area contributed by atoms with E-state index in [4.69, 9.17) is 11.6 Å². The van der Waals surface area contributed by atoms with Crippen LogP contribution in [0.1, 0.15) is 36.5 Å². The minimum absolute atomic E-state index is 0.0147. The summed E-state index contributed by atoms with van der Waals surface area (Å²) in [7, 11) is 0. The fourth-order valence-electron chi connectivity index (χ4n) is 5.03. The molecular formula is C24H28ClN3O2. The van der Waals surface area contributed by atoms with E-state index in [1.807, 2.05) is 35.2 Å². The van der Waals surface area contributed by atoms with Crippen LogP contribution in [0, 0.1) is 5.41 Å². The summed E-state index contributed by atoms with van der Waals surface area (Å²) < 4.78 is 0. The van der Waals surface area contributed by atoms with Crippen molar-refractivity contribution in [3.63, 3.8) is 0 Å². The molecule has 2 atom stereocenters. The number of nitrogens with zero attached hydrogens (tertiary/aromatic N) is 2. The average Bonchev–Trinajstić information content (AvgIpc) is 3.01. The second-order valence-corrected chi connectivity index (χ2v) is 8.65. The molecule has 6 heteroatoms. The normalized spacial score (nSPS) is 24.2. The summed E-state index contributed by atoms with van der Waals surface area (Å²) in [6, 6.07) is 16.9. The largest absolute Gasteiger partial charge is 0.339 e. The lowest BCUT2D eigenvalue weighted by atomic mass is 9.75. The maximum Gasteiger partial charge on any atom is 0.253 e. The highest BCUT2D eigenvalue weighted by molar-refractivity contribution is 6.30. The standard InChI is InChI=1S/C24H28ClN3O2/c1-2-27-15-12-24(23(30)26-20-9-4-3-5-10-20)13-16-28(14-11-21(24)27)22(29)18-7-6-8-19(25)17-18/h3-10,17,21H,2,11-16H2,1H3,(H,26,30)/t21-,24-/m1/s1. The predicted molar refractivity (Wildman–Crippen MR) is 120 cm³/mol. The molecule has 4 rings (SSSR count). The van der Waals surface area contributed by atoms with Crippen molar-refractivity contribution < 1.29 is 9.59 Å². The van der Waals surface area contributed by atoms with Gasteiger partial charge in [0.1, 0.15) is 0 Å². The summed E-state index contributed by atoms with van der Waals surface area (Å²) in [5.74, 6) is 0.0610. The predicted octanol–water partition coefficient (Wildman–Crippen LogP) is 4.30. The van der Waals surface area contributed by atoms with Crippen LogP contribution < -0.4 is 5.32 Å². The molecule has 2 amide bonds. The Morgan fingerprint density at radius 3 is 2.57 bits per heavy atom. The molecular weight excluding hydrogens is 398 g/mol. The third-order valence-electron chi connectivity index (χ3n) is 6.67. The number of fused-ring (bicyclic) bond motifs is 1. The van der Waals surface area contributed by atoms with Gasteiger partial charge in [-0.3, -0.25) is 14.5 Å². The lowest BCUT2D eigenvalue weighted by Gasteiger charge is -2.35. The average molecular weight is 426 g/mol. The van der Waals surface area contributed by atoms with Crippen molar-refractivity contribution in [1.29, 1.82) is 0 Å². The SMILES string of the molecule is CCN1CC[C@@]2(C(=O)Nc3ccccc3)CCN(C(=O)c3cccc(Cl)c3)CC[C@@H]12. The number of nitrogens with one attached hydrogen (secondary N) is 1. The number of para-hydroxylation sites is 1. The molecule has 2 fully saturated rings. The van der Waals surface area contributed by atoms with E-state index >= 15 is 0 Å². The van der Waals surface area contributed by atoms with Crippen LogP contribution in [0.3, 0.4) is 0 Å². The molecule has 158 valence electrons.